The molecule has 2 aromatic carbocycles. The molecule has 1 amide bonds. The Kier molecular flexibility index (Phi) is 6.12. The van der Waals surface area contributed by atoms with Gasteiger partial charge in [0.25, 0.3) is 0 Å². The molecule has 3 rings (SSSR count). The molecular formula is C24H26Cl2FNO. The first-order valence-corrected chi connectivity index (χ1v) is 10.5. The number of allylic oxidation sites excluding steroid dienone is 1. The largest absolute Gasteiger partial charge is 0.351 e. The second-order valence-corrected chi connectivity index (χ2v) is 9.62. The number of rotatable bonds is 5. The number of nitrogens with one attached hydrogen (secondary N) is 1. The second kappa shape index (κ2) is 8.12. The number of amides is 1. The first kappa shape index (κ1) is 21.9. The van der Waals surface area contributed by atoms with Crippen LogP contribution in [0, 0.1) is 11.2 Å². The van der Waals surface area contributed by atoms with E-state index in [4.69, 9.17) is 23.2 Å². The third-order valence-electron chi connectivity index (χ3n) is 6.18. The summed E-state index contributed by atoms with van der Waals surface area (Å²) in [6, 6.07) is 12.0. The SMILES string of the molecule is C=CC[C@@]1(C)C[C@H](c2cc(F)cc(Cl)c2)[C@@H](C(C)(C)c2ccc(Cl)cc2)NC1=O. The molecule has 1 N–H and O–H groups in total. The van der Waals surface area contributed by atoms with E-state index in [-0.39, 0.29) is 23.7 Å². The van der Waals surface area contributed by atoms with Crippen molar-refractivity contribution in [1.82, 2.24) is 5.32 Å². The first-order valence-electron chi connectivity index (χ1n) is 9.71. The molecule has 1 aliphatic heterocycles. The standard InChI is InChI=1S/C24H26Cl2FNO/c1-5-10-24(4)14-20(15-11-18(26)13-19(27)12-15)21(28-22(24)29)23(2,3)16-6-8-17(25)9-7-16/h5-9,11-13,20-21H,1,10,14H2,2-4H3,(H,28,29)/t20-,21+,24+/m1/s1. The molecule has 0 spiro atoms. The Morgan fingerprint density at radius 3 is 2.45 bits per heavy atom. The highest BCUT2D eigenvalue weighted by molar-refractivity contribution is 6.30. The van der Waals surface area contributed by atoms with E-state index in [9.17, 15) is 9.18 Å². The van der Waals surface area contributed by atoms with Crippen molar-refractivity contribution in [2.45, 2.75) is 51.0 Å². The molecule has 154 valence electrons. The fraction of sp³-hybridized carbons (Fsp3) is 0.375. The Morgan fingerprint density at radius 1 is 1.21 bits per heavy atom. The molecule has 0 aliphatic carbocycles. The molecule has 2 nitrogen and oxygen atoms in total. The summed E-state index contributed by atoms with van der Waals surface area (Å²) in [5.41, 5.74) is 0.807. The third kappa shape index (κ3) is 4.36. The van der Waals surface area contributed by atoms with E-state index in [1.807, 2.05) is 31.2 Å². The van der Waals surface area contributed by atoms with Crippen molar-refractivity contribution < 1.29 is 9.18 Å². The van der Waals surface area contributed by atoms with Gasteiger partial charge in [-0.2, -0.15) is 0 Å². The Balaban J connectivity index is 2.10. The van der Waals surface area contributed by atoms with Crippen LogP contribution in [0.25, 0.3) is 0 Å². The molecule has 1 fully saturated rings. The molecule has 1 heterocycles. The van der Waals surface area contributed by atoms with Crippen molar-refractivity contribution in [2.24, 2.45) is 5.41 Å². The molecule has 0 saturated carbocycles. The van der Waals surface area contributed by atoms with E-state index in [1.165, 1.54) is 12.1 Å². The number of piperidine rings is 1. The highest BCUT2D eigenvalue weighted by atomic mass is 35.5. The Morgan fingerprint density at radius 2 is 1.86 bits per heavy atom. The van der Waals surface area contributed by atoms with Crippen LogP contribution in [-0.2, 0) is 10.2 Å². The molecule has 0 radical (unpaired) electrons. The zero-order valence-corrected chi connectivity index (χ0v) is 18.4. The van der Waals surface area contributed by atoms with Crippen LogP contribution in [0.15, 0.2) is 55.1 Å². The average molecular weight is 434 g/mol. The predicted octanol–water partition coefficient (Wildman–Crippen LogP) is 6.66. The molecular weight excluding hydrogens is 408 g/mol. The van der Waals surface area contributed by atoms with Gasteiger partial charge in [-0.05, 0) is 54.3 Å². The highest BCUT2D eigenvalue weighted by Gasteiger charge is 2.49. The molecule has 29 heavy (non-hydrogen) atoms. The van der Waals surface area contributed by atoms with Crippen molar-refractivity contribution >= 4 is 29.1 Å². The zero-order valence-electron chi connectivity index (χ0n) is 16.9. The fourth-order valence-corrected chi connectivity index (χ4v) is 4.80. The van der Waals surface area contributed by atoms with Crippen molar-refractivity contribution in [3.8, 4) is 0 Å². The first-order chi connectivity index (χ1) is 13.6. The van der Waals surface area contributed by atoms with Crippen LogP contribution in [0.3, 0.4) is 0 Å². The van der Waals surface area contributed by atoms with Crippen molar-refractivity contribution in [3.05, 3.63) is 82.1 Å². The van der Waals surface area contributed by atoms with E-state index in [0.29, 0.717) is 22.9 Å². The monoisotopic (exact) mass is 433 g/mol. The number of hydrogen-bond acceptors (Lipinski definition) is 1. The normalized spacial score (nSPS) is 24.8. The lowest BCUT2D eigenvalue weighted by atomic mass is 9.62. The van der Waals surface area contributed by atoms with Gasteiger partial charge < -0.3 is 5.32 Å². The van der Waals surface area contributed by atoms with E-state index >= 15 is 0 Å². The lowest BCUT2D eigenvalue weighted by Crippen LogP contribution is -2.59. The van der Waals surface area contributed by atoms with Gasteiger partial charge in [-0.1, -0.05) is 62.2 Å². The number of hydrogen-bond donors (Lipinski definition) is 1. The van der Waals surface area contributed by atoms with E-state index in [1.54, 1.807) is 12.1 Å². The van der Waals surface area contributed by atoms with Crippen molar-refractivity contribution in [3.63, 3.8) is 0 Å². The molecule has 1 saturated heterocycles. The maximum atomic E-state index is 14.2. The Labute approximate surface area is 182 Å². The minimum Gasteiger partial charge on any atom is -0.351 e. The number of carbonyl (C=O) groups is 1. The zero-order chi connectivity index (χ0) is 21.4. The van der Waals surface area contributed by atoms with Crippen LogP contribution in [0.2, 0.25) is 10.0 Å². The summed E-state index contributed by atoms with van der Waals surface area (Å²) in [5.74, 6) is -0.502. The number of carbonyl (C=O) groups excluding carboxylic acids is 1. The van der Waals surface area contributed by atoms with Gasteiger partial charge in [0.15, 0.2) is 0 Å². The van der Waals surface area contributed by atoms with Crippen molar-refractivity contribution in [2.75, 3.05) is 0 Å². The predicted molar refractivity (Wildman–Crippen MR) is 118 cm³/mol. The topological polar surface area (TPSA) is 29.1 Å². The molecule has 0 bridgehead atoms. The lowest BCUT2D eigenvalue weighted by Gasteiger charge is -2.48. The van der Waals surface area contributed by atoms with Gasteiger partial charge in [-0.3, -0.25) is 4.79 Å². The minimum atomic E-state index is -0.613. The van der Waals surface area contributed by atoms with E-state index < -0.39 is 10.8 Å². The van der Waals surface area contributed by atoms with Gasteiger partial charge >= 0.3 is 0 Å². The summed E-state index contributed by atoms with van der Waals surface area (Å²) < 4.78 is 14.2. The quantitative estimate of drug-likeness (QED) is 0.524. The van der Waals surface area contributed by atoms with Gasteiger partial charge in [-0.25, -0.2) is 4.39 Å². The van der Waals surface area contributed by atoms with Crippen LogP contribution >= 0.6 is 23.2 Å². The van der Waals surface area contributed by atoms with Gasteiger partial charge in [-0.15, -0.1) is 6.58 Å². The van der Waals surface area contributed by atoms with Gasteiger partial charge in [0.1, 0.15) is 5.82 Å². The summed E-state index contributed by atoms with van der Waals surface area (Å²) >= 11 is 12.2. The molecule has 0 aromatic heterocycles. The fourth-order valence-electron chi connectivity index (χ4n) is 4.45. The summed E-state index contributed by atoms with van der Waals surface area (Å²) in [5, 5.41) is 4.26. The summed E-state index contributed by atoms with van der Waals surface area (Å²) in [6.07, 6.45) is 2.89. The third-order valence-corrected chi connectivity index (χ3v) is 6.65. The Hall–Kier alpha value is -1.84. The van der Waals surface area contributed by atoms with Gasteiger partial charge in [0.05, 0.1) is 5.41 Å². The Bertz CT molecular complexity index is 905. The molecule has 2 aromatic rings. The summed E-state index contributed by atoms with van der Waals surface area (Å²) in [4.78, 5) is 13.1. The highest BCUT2D eigenvalue weighted by Crippen LogP contribution is 2.47. The molecule has 3 atom stereocenters. The molecule has 5 heteroatoms. The van der Waals surface area contributed by atoms with Gasteiger partial charge in [0.2, 0.25) is 5.91 Å². The van der Waals surface area contributed by atoms with Gasteiger partial charge in [0, 0.05) is 27.4 Å². The number of halogens is 3. The molecule has 1 aliphatic rings. The smallest absolute Gasteiger partial charge is 0.226 e. The van der Waals surface area contributed by atoms with E-state index in [2.05, 4.69) is 25.7 Å². The maximum Gasteiger partial charge on any atom is 0.226 e. The van der Waals surface area contributed by atoms with Crippen LogP contribution in [-0.4, -0.2) is 11.9 Å². The second-order valence-electron chi connectivity index (χ2n) is 8.75. The average Bonchev–Trinajstić information content (AvgIpc) is 2.63. The van der Waals surface area contributed by atoms with Crippen LogP contribution in [0.4, 0.5) is 4.39 Å². The van der Waals surface area contributed by atoms with Crippen LogP contribution < -0.4 is 5.32 Å². The van der Waals surface area contributed by atoms with Crippen LogP contribution in [0.5, 0.6) is 0 Å². The van der Waals surface area contributed by atoms with Crippen molar-refractivity contribution in [1.29, 1.82) is 0 Å². The van der Waals surface area contributed by atoms with E-state index in [0.717, 1.165) is 11.1 Å². The summed E-state index contributed by atoms with van der Waals surface area (Å²) in [7, 11) is 0. The summed E-state index contributed by atoms with van der Waals surface area (Å²) in [6.45, 7) is 9.92. The van der Waals surface area contributed by atoms with Crippen LogP contribution in [0.1, 0.15) is 50.7 Å². The lowest BCUT2D eigenvalue weighted by molar-refractivity contribution is -0.135. The number of benzene rings is 2. The minimum absolute atomic E-state index is 0.0109. The maximum absolute atomic E-state index is 14.2. The molecule has 0 unspecified atom stereocenters.